The summed E-state index contributed by atoms with van der Waals surface area (Å²) in [6, 6.07) is 9.91. The number of aromatic nitrogens is 5. The van der Waals surface area contributed by atoms with Crippen molar-refractivity contribution in [3.63, 3.8) is 0 Å². The molecule has 4 aromatic rings. The molecule has 4 rings (SSSR count). The second kappa shape index (κ2) is 7.92. The first-order valence-corrected chi connectivity index (χ1v) is 10.7. The molecule has 0 atom stereocenters. The van der Waals surface area contributed by atoms with Crippen molar-refractivity contribution in [3.8, 4) is 11.4 Å². The molecule has 0 saturated carbocycles. The molecular weight excluding hydrogens is 406 g/mol. The van der Waals surface area contributed by atoms with Crippen LogP contribution in [0.2, 0.25) is 0 Å². The van der Waals surface area contributed by atoms with Gasteiger partial charge in [-0.15, -0.1) is 21.5 Å². The van der Waals surface area contributed by atoms with Gasteiger partial charge in [-0.1, -0.05) is 30.3 Å². The minimum atomic E-state index is -0.327. The molecule has 0 radical (unpaired) electrons. The fourth-order valence-electron chi connectivity index (χ4n) is 3.00. The quantitative estimate of drug-likeness (QED) is 0.345. The zero-order valence-corrected chi connectivity index (χ0v) is 18.1. The van der Waals surface area contributed by atoms with Gasteiger partial charge in [0.25, 0.3) is 0 Å². The normalized spacial score (nSPS) is 11.2. The van der Waals surface area contributed by atoms with E-state index in [2.05, 4.69) is 20.2 Å². The highest BCUT2D eigenvalue weighted by atomic mass is 32.2. The molecule has 7 nitrogen and oxygen atoms in total. The molecule has 0 fully saturated rings. The summed E-state index contributed by atoms with van der Waals surface area (Å²) in [5, 5.41) is 11.0. The highest BCUT2D eigenvalue weighted by molar-refractivity contribution is 7.99. The molecule has 3 aromatic heterocycles. The summed E-state index contributed by atoms with van der Waals surface area (Å²) < 4.78 is 7.13. The molecule has 1 aromatic carbocycles. The van der Waals surface area contributed by atoms with Gasteiger partial charge in [0.05, 0.1) is 6.61 Å². The number of rotatable bonds is 5. The number of thiophene rings is 1. The second-order valence-corrected chi connectivity index (χ2v) is 8.32. The van der Waals surface area contributed by atoms with Crippen LogP contribution in [0.1, 0.15) is 28.0 Å². The molecule has 29 heavy (non-hydrogen) atoms. The third-order valence-electron chi connectivity index (χ3n) is 4.38. The standard InChI is InChI=1S/C20H19N5O2S2/c1-5-27-19(26)15-11(2)14-17(28-15)21-12(3)22-18(14)29-20-24-23-16(25(20)4)13-9-7-6-8-10-13/h6-10H,5H2,1-4H3. The van der Waals surface area contributed by atoms with Crippen molar-refractivity contribution in [1.29, 1.82) is 0 Å². The average Bonchev–Trinajstić information content (AvgIpc) is 3.23. The van der Waals surface area contributed by atoms with Gasteiger partial charge < -0.3 is 9.30 Å². The topological polar surface area (TPSA) is 82.8 Å². The predicted octanol–water partition coefficient (Wildman–Crippen LogP) is 4.43. The van der Waals surface area contributed by atoms with Gasteiger partial charge in [0.1, 0.15) is 20.6 Å². The van der Waals surface area contributed by atoms with E-state index in [1.54, 1.807) is 6.92 Å². The number of hydrogen-bond donors (Lipinski definition) is 0. The number of fused-ring (bicyclic) bond motifs is 1. The molecule has 0 saturated heterocycles. The summed E-state index contributed by atoms with van der Waals surface area (Å²) in [4.78, 5) is 22.8. The largest absolute Gasteiger partial charge is 0.462 e. The van der Waals surface area contributed by atoms with E-state index in [4.69, 9.17) is 4.74 Å². The molecule has 0 spiro atoms. The van der Waals surface area contributed by atoms with Crippen LogP contribution in [0, 0.1) is 13.8 Å². The van der Waals surface area contributed by atoms with E-state index in [1.807, 2.05) is 55.8 Å². The predicted molar refractivity (Wildman–Crippen MR) is 113 cm³/mol. The Hall–Kier alpha value is -2.78. The number of carbonyl (C=O) groups is 1. The number of aryl methyl sites for hydroxylation is 2. The van der Waals surface area contributed by atoms with Crippen molar-refractivity contribution in [2.24, 2.45) is 7.05 Å². The van der Waals surface area contributed by atoms with Crippen LogP contribution in [0.4, 0.5) is 0 Å². The Morgan fingerprint density at radius 2 is 1.93 bits per heavy atom. The van der Waals surface area contributed by atoms with Gasteiger partial charge in [-0.2, -0.15) is 0 Å². The lowest BCUT2D eigenvalue weighted by Crippen LogP contribution is -2.03. The van der Waals surface area contributed by atoms with Crippen molar-refractivity contribution in [3.05, 3.63) is 46.6 Å². The van der Waals surface area contributed by atoms with E-state index in [1.165, 1.54) is 23.1 Å². The molecule has 0 aliphatic rings. The minimum Gasteiger partial charge on any atom is -0.462 e. The van der Waals surface area contributed by atoms with E-state index in [9.17, 15) is 4.79 Å². The van der Waals surface area contributed by atoms with E-state index < -0.39 is 0 Å². The molecule has 0 bridgehead atoms. The van der Waals surface area contributed by atoms with Gasteiger partial charge in [0, 0.05) is 18.0 Å². The molecule has 148 valence electrons. The third kappa shape index (κ3) is 3.63. The molecule has 3 heterocycles. The van der Waals surface area contributed by atoms with E-state index in [0.717, 1.165) is 32.2 Å². The monoisotopic (exact) mass is 425 g/mol. The van der Waals surface area contributed by atoms with Crippen molar-refractivity contribution in [2.75, 3.05) is 6.61 Å². The van der Waals surface area contributed by atoms with Crippen molar-refractivity contribution >= 4 is 39.3 Å². The fraction of sp³-hybridized carbons (Fsp3) is 0.250. The summed E-state index contributed by atoms with van der Waals surface area (Å²) in [7, 11) is 1.93. The molecule has 0 amide bonds. The van der Waals surface area contributed by atoms with Crippen LogP contribution < -0.4 is 0 Å². The Bertz CT molecular complexity index is 1200. The molecule has 0 N–H and O–H groups in total. The van der Waals surface area contributed by atoms with Crippen LogP contribution in [0.25, 0.3) is 21.6 Å². The van der Waals surface area contributed by atoms with Gasteiger partial charge in [-0.25, -0.2) is 14.8 Å². The Labute approximate surface area is 176 Å². The Balaban J connectivity index is 1.77. The Morgan fingerprint density at radius 1 is 1.17 bits per heavy atom. The third-order valence-corrected chi connectivity index (χ3v) is 6.58. The van der Waals surface area contributed by atoms with Gasteiger partial charge in [0.15, 0.2) is 11.0 Å². The van der Waals surface area contributed by atoms with Crippen LogP contribution in [0.3, 0.4) is 0 Å². The summed E-state index contributed by atoms with van der Waals surface area (Å²) in [5.74, 6) is 1.10. The van der Waals surface area contributed by atoms with Gasteiger partial charge in [-0.3, -0.25) is 0 Å². The van der Waals surface area contributed by atoms with Crippen LogP contribution in [-0.2, 0) is 11.8 Å². The first kappa shape index (κ1) is 19.5. The highest BCUT2D eigenvalue weighted by Crippen LogP contribution is 2.38. The first-order chi connectivity index (χ1) is 14.0. The SMILES string of the molecule is CCOC(=O)c1sc2nc(C)nc(Sc3nnc(-c4ccccc4)n3C)c2c1C. The lowest BCUT2D eigenvalue weighted by Gasteiger charge is -2.06. The Kier molecular flexibility index (Phi) is 5.33. The summed E-state index contributed by atoms with van der Waals surface area (Å²) >= 11 is 2.75. The minimum absolute atomic E-state index is 0.327. The summed E-state index contributed by atoms with van der Waals surface area (Å²) in [5.41, 5.74) is 1.83. The van der Waals surface area contributed by atoms with E-state index in [-0.39, 0.29) is 5.97 Å². The maximum Gasteiger partial charge on any atom is 0.348 e. The van der Waals surface area contributed by atoms with Crippen molar-refractivity contribution in [2.45, 2.75) is 31.0 Å². The Morgan fingerprint density at radius 3 is 2.66 bits per heavy atom. The number of carbonyl (C=O) groups excluding carboxylic acids is 1. The zero-order chi connectivity index (χ0) is 20.5. The van der Waals surface area contributed by atoms with Crippen LogP contribution in [0.15, 0.2) is 40.5 Å². The number of ether oxygens (including phenoxy) is 1. The van der Waals surface area contributed by atoms with Crippen LogP contribution in [-0.4, -0.2) is 37.3 Å². The second-order valence-electron chi connectivity index (χ2n) is 6.37. The van der Waals surface area contributed by atoms with E-state index >= 15 is 0 Å². The van der Waals surface area contributed by atoms with Gasteiger partial charge >= 0.3 is 5.97 Å². The lowest BCUT2D eigenvalue weighted by molar-refractivity contribution is 0.0531. The van der Waals surface area contributed by atoms with Gasteiger partial charge in [0.2, 0.25) is 0 Å². The van der Waals surface area contributed by atoms with Crippen LogP contribution in [0.5, 0.6) is 0 Å². The van der Waals surface area contributed by atoms with Crippen molar-refractivity contribution < 1.29 is 9.53 Å². The zero-order valence-electron chi connectivity index (χ0n) is 16.5. The lowest BCUT2D eigenvalue weighted by atomic mass is 10.2. The first-order valence-electron chi connectivity index (χ1n) is 9.07. The maximum atomic E-state index is 12.3. The molecular formula is C20H19N5O2S2. The highest BCUT2D eigenvalue weighted by Gasteiger charge is 2.22. The molecule has 0 unspecified atom stereocenters. The molecule has 0 aliphatic carbocycles. The number of nitrogens with zero attached hydrogens (tertiary/aromatic N) is 5. The van der Waals surface area contributed by atoms with E-state index in [0.29, 0.717) is 22.5 Å². The fourth-order valence-corrected chi connectivity index (χ4v) is 5.19. The smallest absolute Gasteiger partial charge is 0.348 e. The van der Waals surface area contributed by atoms with Gasteiger partial charge in [-0.05, 0) is 38.1 Å². The number of hydrogen-bond acceptors (Lipinski definition) is 8. The summed E-state index contributed by atoms with van der Waals surface area (Å²) in [6.07, 6.45) is 0. The maximum absolute atomic E-state index is 12.3. The number of benzene rings is 1. The number of esters is 1. The molecule has 9 heteroatoms. The molecule has 0 aliphatic heterocycles. The average molecular weight is 426 g/mol. The van der Waals surface area contributed by atoms with Crippen molar-refractivity contribution in [1.82, 2.24) is 24.7 Å². The van der Waals surface area contributed by atoms with Crippen LogP contribution >= 0.6 is 23.1 Å². The summed E-state index contributed by atoms with van der Waals surface area (Å²) in [6.45, 7) is 5.87.